The van der Waals surface area contributed by atoms with Gasteiger partial charge in [-0.05, 0) is 79.9 Å². The molecule has 0 bridgehead atoms. The molecular formula is C26H28ClN3O5S2. The molecule has 0 saturated carbocycles. The lowest BCUT2D eigenvalue weighted by Gasteiger charge is -2.20. The Balaban J connectivity index is 1.50. The monoisotopic (exact) mass is 561 g/mol. The van der Waals surface area contributed by atoms with Crippen LogP contribution in [0.25, 0.3) is 0 Å². The van der Waals surface area contributed by atoms with E-state index >= 15 is 0 Å². The Labute approximate surface area is 222 Å². The summed E-state index contributed by atoms with van der Waals surface area (Å²) in [6, 6.07) is 16.8. The SMILES string of the molecule is Cc1cccc(NS(=O)(=O)c2cc(C(=O)Nc3ccc(S(=O)(=O)N4CCCCCC4)cc3)ccc2Cl)c1. The summed E-state index contributed by atoms with van der Waals surface area (Å²) in [7, 11) is -7.66. The summed E-state index contributed by atoms with van der Waals surface area (Å²) in [6.07, 6.45) is 3.72. The maximum absolute atomic E-state index is 13.0. The zero-order valence-corrected chi connectivity index (χ0v) is 22.7. The van der Waals surface area contributed by atoms with Crippen molar-refractivity contribution in [3.05, 3.63) is 82.9 Å². The van der Waals surface area contributed by atoms with Gasteiger partial charge in [-0.1, -0.05) is 36.6 Å². The molecule has 1 fully saturated rings. The van der Waals surface area contributed by atoms with Gasteiger partial charge >= 0.3 is 0 Å². The van der Waals surface area contributed by atoms with Crippen molar-refractivity contribution in [3.8, 4) is 0 Å². The van der Waals surface area contributed by atoms with E-state index in [9.17, 15) is 21.6 Å². The van der Waals surface area contributed by atoms with E-state index in [2.05, 4.69) is 10.0 Å². The smallest absolute Gasteiger partial charge is 0.263 e. The third-order valence-electron chi connectivity index (χ3n) is 6.07. The molecule has 0 unspecified atom stereocenters. The summed E-state index contributed by atoms with van der Waals surface area (Å²) in [5.41, 5.74) is 1.71. The molecule has 3 aromatic rings. The summed E-state index contributed by atoms with van der Waals surface area (Å²) in [6.45, 7) is 2.84. The van der Waals surface area contributed by atoms with Crippen molar-refractivity contribution in [1.29, 1.82) is 0 Å². The van der Waals surface area contributed by atoms with Crippen LogP contribution in [0.5, 0.6) is 0 Å². The number of carbonyl (C=O) groups is 1. The lowest BCUT2D eigenvalue weighted by atomic mass is 10.2. The van der Waals surface area contributed by atoms with Crippen molar-refractivity contribution in [2.75, 3.05) is 23.1 Å². The van der Waals surface area contributed by atoms with Crippen LogP contribution >= 0.6 is 11.6 Å². The van der Waals surface area contributed by atoms with Crippen LogP contribution in [0.2, 0.25) is 5.02 Å². The first-order chi connectivity index (χ1) is 17.6. The number of sulfonamides is 2. The minimum absolute atomic E-state index is 0.0280. The minimum Gasteiger partial charge on any atom is -0.322 e. The van der Waals surface area contributed by atoms with Gasteiger partial charge in [-0.2, -0.15) is 4.31 Å². The quantitative estimate of drug-likeness (QED) is 0.408. The number of benzene rings is 3. The van der Waals surface area contributed by atoms with Gasteiger partial charge in [0.2, 0.25) is 10.0 Å². The molecule has 1 saturated heterocycles. The van der Waals surface area contributed by atoms with Gasteiger partial charge in [0, 0.05) is 30.0 Å². The molecule has 0 aliphatic carbocycles. The standard InChI is InChI=1S/C26H28ClN3O5S2/c1-19-7-6-8-22(17-19)29-36(32,33)25-18-20(9-14-24(25)27)26(31)28-21-10-12-23(13-11-21)37(34,35)30-15-4-2-3-5-16-30/h6-14,17-18,29H,2-5,15-16H2,1H3,(H,28,31). The van der Waals surface area contributed by atoms with Crippen LogP contribution < -0.4 is 10.0 Å². The highest BCUT2D eigenvalue weighted by Gasteiger charge is 2.25. The molecule has 1 aliphatic heterocycles. The molecule has 37 heavy (non-hydrogen) atoms. The number of halogens is 1. The number of nitrogens with zero attached hydrogens (tertiary/aromatic N) is 1. The van der Waals surface area contributed by atoms with Crippen molar-refractivity contribution >= 4 is 48.9 Å². The molecule has 0 aromatic heterocycles. The summed E-state index contributed by atoms with van der Waals surface area (Å²) >= 11 is 6.17. The van der Waals surface area contributed by atoms with Crippen molar-refractivity contribution in [1.82, 2.24) is 4.31 Å². The van der Waals surface area contributed by atoms with Gasteiger partial charge in [0.1, 0.15) is 4.90 Å². The van der Waals surface area contributed by atoms with Crippen molar-refractivity contribution < 1.29 is 21.6 Å². The predicted octanol–water partition coefficient (Wildman–Crippen LogP) is 5.27. The first-order valence-electron chi connectivity index (χ1n) is 11.9. The second-order valence-corrected chi connectivity index (χ2v) is 12.9. The van der Waals surface area contributed by atoms with Gasteiger partial charge < -0.3 is 5.32 Å². The first kappa shape index (κ1) is 27.1. The molecule has 8 nitrogen and oxygen atoms in total. The van der Waals surface area contributed by atoms with Gasteiger partial charge in [-0.15, -0.1) is 0 Å². The maximum atomic E-state index is 13.0. The first-order valence-corrected chi connectivity index (χ1v) is 15.2. The average molecular weight is 562 g/mol. The largest absolute Gasteiger partial charge is 0.322 e. The number of anilines is 2. The zero-order valence-electron chi connectivity index (χ0n) is 20.3. The maximum Gasteiger partial charge on any atom is 0.263 e. The van der Waals surface area contributed by atoms with E-state index in [0.29, 0.717) is 24.5 Å². The van der Waals surface area contributed by atoms with Crippen LogP contribution in [-0.2, 0) is 20.0 Å². The van der Waals surface area contributed by atoms with Crippen LogP contribution in [0.15, 0.2) is 76.5 Å². The Morgan fingerprint density at radius 3 is 2.16 bits per heavy atom. The molecule has 3 aromatic carbocycles. The Morgan fingerprint density at radius 1 is 0.838 bits per heavy atom. The fraction of sp³-hybridized carbons (Fsp3) is 0.269. The summed E-state index contributed by atoms with van der Waals surface area (Å²) in [5, 5.41) is 2.65. The predicted molar refractivity (Wildman–Crippen MR) is 145 cm³/mol. The molecule has 1 amide bonds. The molecule has 0 radical (unpaired) electrons. The van der Waals surface area contributed by atoms with E-state index in [1.165, 1.54) is 46.8 Å². The van der Waals surface area contributed by atoms with E-state index in [-0.39, 0.29) is 20.4 Å². The minimum atomic E-state index is -4.06. The van der Waals surface area contributed by atoms with Crippen molar-refractivity contribution in [2.24, 2.45) is 0 Å². The van der Waals surface area contributed by atoms with Gasteiger partial charge in [0.05, 0.1) is 9.92 Å². The molecule has 0 spiro atoms. The van der Waals surface area contributed by atoms with E-state index in [4.69, 9.17) is 11.6 Å². The zero-order chi connectivity index (χ0) is 26.6. The number of hydrogen-bond acceptors (Lipinski definition) is 5. The fourth-order valence-electron chi connectivity index (χ4n) is 4.11. The number of rotatable bonds is 7. The van der Waals surface area contributed by atoms with Gasteiger partial charge in [0.15, 0.2) is 0 Å². The van der Waals surface area contributed by atoms with Gasteiger partial charge in [-0.25, -0.2) is 16.8 Å². The Bertz CT molecular complexity index is 1500. The number of hydrogen-bond donors (Lipinski definition) is 2. The third-order valence-corrected chi connectivity index (χ3v) is 9.84. The summed E-state index contributed by atoms with van der Waals surface area (Å²) in [5.74, 6) is -0.563. The van der Waals surface area contributed by atoms with Crippen molar-refractivity contribution in [2.45, 2.75) is 42.4 Å². The molecule has 4 rings (SSSR count). The van der Waals surface area contributed by atoms with E-state index in [0.717, 1.165) is 31.2 Å². The van der Waals surface area contributed by atoms with Crippen molar-refractivity contribution in [3.63, 3.8) is 0 Å². The number of nitrogens with one attached hydrogen (secondary N) is 2. The second kappa shape index (κ2) is 11.2. The molecule has 0 atom stereocenters. The Kier molecular flexibility index (Phi) is 8.23. The lowest BCUT2D eigenvalue weighted by Crippen LogP contribution is -2.31. The van der Waals surface area contributed by atoms with Gasteiger partial charge in [0.25, 0.3) is 15.9 Å². The summed E-state index contributed by atoms with van der Waals surface area (Å²) in [4.78, 5) is 12.8. The van der Waals surface area contributed by atoms with E-state index in [1.54, 1.807) is 18.2 Å². The fourth-order valence-corrected chi connectivity index (χ4v) is 7.21. The average Bonchev–Trinajstić information content (AvgIpc) is 3.15. The molecule has 196 valence electrons. The third kappa shape index (κ3) is 6.51. The molecule has 2 N–H and O–H groups in total. The lowest BCUT2D eigenvalue weighted by molar-refractivity contribution is 0.102. The summed E-state index contributed by atoms with van der Waals surface area (Å²) < 4.78 is 55.9. The molecule has 1 aliphatic rings. The normalized spacial score (nSPS) is 15.1. The van der Waals surface area contributed by atoms with Gasteiger partial charge in [-0.3, -0.25) is 9.52 Å². The van der Waals surface area contributed by atoms with Crippen LogP contribution in [0.3, 0.4) is 0 Å². The molecule has 1 heterocycles. The second-order valence-electron chi connectivity index (χ2n) is 8.92. The van der Waals surface area contributed by atoms with Crippen LogP contribution in [0, 0.1) is 6.92 Å². The highest BCUT2D eigenvalue weighted by molar-refractivity contribution is 7.92. The Morgan fingerprint density at radius 2 is 1.51 bits per heavy atom. The number of aryl methyl sites for hydroxylation is 1. The topological polar surface area (TPSA) is 113 Å². The van der Waals surface area contributed by atoms with Crippen LogP contribution in [-0.4, -0.2) is 40.1 Å². The number of amides is 1. The highest BCUT2D eigenvalue weighted by atomic mass is 35.5. The van der Waals surface area contributed by atoms with Crippen LogP contribution in [0.1, 0.15) is 41.6 Å². The highest BCUT2D eigenvalue weighted by Crippen LogP contribution is 2.26. The Hall–Kier alpha value is -2.92. The number of carbonyl (C=O) groups excluding carboxylic acids is 1. The molecule has 11 heteroatoms. The van der Waals surface area contributed by atoms with E-state index in [1.807, 2.05) is 13.0 Å². The molecular weight excluding hydrogens is 534 g/mol. The van der Waals surface area contributed by atoms with E-state index < -0.39 is 26.0 Å². The van der Waals surface area contributed by atoms with Crippen LogP contribution in [0.4, 0.5) is 11.4 Å².